The molecule has 7 heteroatoms. The van der Waals surface area contributed by atoms with Gasteiger partial charge < -0.3 is 9.64 Å². The van der Waals surface area contributed by atoms with E-state index in [4.69, 9.17) is 4.74 Å². The van der Waals surface area contributed by atoms with Gasteiger partial charge in [0.1, 0.15) is 5.69 Å². The molecule has 1 N–H and O–H groups in total. The molecule has 1 aromatic rings. The Labute approximate surface area is 116 Å². The predicted molar refractivity (Wildman–Crippen MR) is 68.7 cm³/mol. The Morgan fingerprint density at radius 3 is 2.95 bits per heavy atom. The number of hydrogen-bond acceptors (Lipinski definition) is 3. The van der Waals surface area contributed by atoms with Crippen LogP contribution in [-0.4, -0.2) is 46.8 Å². The van der Waals surface area contributed by atoms with Gasteiger partial charge in [-0.3, -0.25) is 9.89 Å². The summed E-state index contributed by atoms with van der Waals surface area (Å²) < 4.78 is 30.6. The minimum Gasteiger partial charge on any atom is -0.376 e. The maximum atomic E-state index is 12.5. The minimum absolute atomic E-state index is 0.0259. The number of amides is 1. The Bertz CT molecular complexity index is 445. The molecule has 1 aliphatic heterocycles. The number of nitrogens with one attached hydrogen (secondary N) is 1. The van der Waals surface area contributed by atoms with Crippen molar-refractivity contribution in [2.45, 2.75) is 38.7 Å². The Kier molecular flexibility index (Phi) is 5.05. The molecule has 1 amide bonds. The number of halogens is 2. The van der Waals surface area contributed by atoms with Crippen LogP contribution in [0.5, 0.6) is 0 Å². The van der Waals surface area contributed by atoms with Gasteiger partial charge in [-0.15, -0.1) is 0 Å². The molecular weight excluding hydrogens is 268 g/mol. The molecule has 2 heterocycles. The van der Waals surface area contributed by atoms with Crippen molar-refractivity contribution in [2.75, 3.05) is 19.7 Å². The zero-order chi connectivity index (χ0) is 14.5. The number of aromatic nitrogens is 2. The first-order chi connectivity index (χ1) is 9.61. The van der Waals surface area contributed by atoms with Crippen LogP contribution in [0.25, 0.3) is 0 Å². The summed E-state index contributed by atoms with van der Waals surface area (Å²) in [5.74, 6) is -0.343. The van der Waals surface area contributed by atoms with E-state index in [1.54, 1.807) is 4.90 Å². The SMILES string of the molecule is CCN(C[C@H]1CCCCO1)C(=O)c1cc(C(F)F)[nH]n1. The summed E-state index contributed by atoms with van der Waals surface area (Å²) in [6, 6.07) is 1.11. The number of alkyl halides is 2. The number of likely N-dealkylation sites (N-methyl/N-ethyl adjacent to an activating group) is 1. The van der Waals surface area contributed by atoms with E-state index in [1.807, 2.05) is 6.92 Å². The molecule has 1 saturated heterocycles. The van der Waals surface area contributed by atoms with E-state index in [2.05, 4.69) is 10.2 Å². The van der Waals surface area contributed by atoms with E-state index in [-0.39, 0.29) is 23.4 Å². The van der Waals surface area contributed by atoms with E-state index in [1.165, 1.54) is 0 Å². The smallest absolute Gasteiger partial charge is 0.279 e. The van der Waals surface area contributed by atoms with Gasteiger partial charge in [-0.25, -0.2) is 8.78 Å². The van der Waals surface area contributed by atoms with Crippen LogP contribution < -0.4 is 0 Å². The van der Waals surface area contributed by atoms with Crippen LogP contribution in [0.2, 0.25) is 0 Å². The fourth-order valence-electron chi connectivity index (χ4n) is 2.27. The number of nitrogens with zero attached hydrogens (tertiary/aromatic N) is 2. The molecule has 1 atom stereocenters. The van der Waals surface area contributed by atoms with Gasteiger partial charge in [0.05, 0.1) is 6.10 Å². The number of hydrogen-bond donors (Lipinski definition) is 1. The Balaban J connectivity index is 1.99. The van der Waals surface area contributed by atoms with Gasteiger partial charge in [0.25, 0.3) is 12.3 Å². The maximum Gasteiger partial charge on any atom is 0.279 e. The highest BCUT2D eigenvalue weighted by Crippen LogP contribution is 2.18. The molecule has 0 spiro atoms. The predicted octanol–water partition coefficient (Wildman–Crippen LogP) is 2.38. The monoisotopic (exact) mass is 287 g/mol. The lowest BCUT2D eigenvalue weighted by molar-refractivity contribution is -0.00323. The summed E-state index contributed by atoms with van der Waals surface area (Å²) in [7, 11) is 0. The number of H-pyrrole nitrogens is 1. The lowest BCUT2D eigenvalue weighted by atomic mass is 10.1. The van der Waals surface area contributed by atoms with E-state index < -0.39 is 6.43 Å². The molecule has 20 heavy (non-hydrogen) atoms. The highest BCUT2D eigenvalue weighted by atomic mass is 19.3. The molecule has 0 aliphatic carbocycles. The van der Waals surface area contributed by atoms with Crippen LogP contribution >= 0.6 is 0 Å². The average Bonchev–Trinajstić information content (AvgIpc) is 2.95. The van der Waals surface area contributed by atoms with Crippen molar-refractivity contribution < 1.29 is 18.3 Å². The molecule has 1 fully saturated rings. The Morgan fingerprint density at radius 1 is 1.60 bits per heavy atom. The van der Waals surface area contributed by atoms with E-state index in [0.717, 1.165) is 25.3 Å². The lowest BCUT2D eigenvalue weighted by Gasteiger charge is -2.28. The van der Waals surface area contributed by atoms with Crippen LogP contribution in [-0.2, 0) is 4.74 Å². The van der Waals surface area contributed by atoms with Crippen LogP contribution in [0.15, 0.2) is 6.07 Å². The van der Waals surface area contributed by atoms with Gasteiger partial charge in [0.2, 0.25) is 0 Å². The van der Waals surface area contributed by atoms with Crippen LogP contribution in [0.4, 0.5) is 8.78 Å². The third-order valence-corrected chi connectivity index (χ3v) is 3.42. The molecule has 5 nitrogen and oxygen atoms in total. The second kappa shape index (κ2) is 6.78. The summed E-state index contributed by atoms with van der Waals surface area (Å²) in [5, 5.41) is 5.85. The van der Waals surface area contributed by atoms with Crippen molar-refractivity contribution in [1.29, 1.82) is 0 Å². The number of carbonyl (C=O) groups is 1. The summed E-state index contributed by atoms with van der Waals surface area (Å²) in [6.07, 6.45) is 0.441. The first-order valence-electron chi connectivity index (χ1n) is 6.86. The van der Waals surface area contributed by atoms with Gasteiger partial charge in [0.15, 0.2) is 5.69 Å². The van der Waals surface area contributed by atoms with E-state index >= 15 is 0 Å². The van der Waals surface area contributed by atoms with Crippen LogP contribution in [0.1, 0.15) is 48.8 Å². The zero-order valence-corrected chi connectivity index (χ0v) is 11.4. The summed E-state index contributed by atoms with van der Waals surface area (Å²) in [6.45, 7) is 3.54. The molecule has 112 valence electrons. The molecular formula is C13H19F2N3O2. The second-order valence-electron chi connectivity index (χ2n) is 4.84. The molecule has 1 aromatic heterocycles. The molecule has 0 unspecified atom stereocenters. The quantitative estimate of drug-likeness (QED) is 0.904. The molecule has 1 aliphatic rings. The fourth-order valence-corrected chi connectivity index (χ4v) is 2.27. The van der Waals surface area contributed by atoms with Crippen LogP contribution in [0, 0.1) is 0 Å². The maximum absolute atomic E-state index is 12.5. The number of ether oxygens (including phenoxy) is 1. The topological polar surface area (TPSA) is 58.2 Å². The molecule has 2 rings (SSSR count). The standard InChI is InChI=1S/C13H19F2N3O2/c1-2-18(8-9-5-3-4-6-20-9)13(19)11-7-10(12(14)15)16-17-11/h7,9,12H,2-6,8H2,1H3,(H,16,17)/t9-/m1/s1. The number of aromatic amines is 1. The van der Waals surface area contributed by atoms with Crippen molar-refractivity contribution in [3.05, 3.63) is 17.5 Å². The number of rotatable bonds is 5. The summed E-state index contributed by atoms with van der Waals surface area (Å²) in [4.78, 5) is 13.8. The van der Waals surface area contributed by atoms with Gasteiger partial charge in [-0.2, -0.15) is 5.10 Å². The molecule has 0 bridgehead atoms. The molecule has 0 radical (unpaired) electrons. The van der Waals surface area contributed by atoms with Gasteiger partial charge >= 0.3 is 0 Å². The first kappa shape index (κ1) is 14.9. The van der Waals surface area contributed by atoms with Gasteiger partial charge in [-0.1, -0.05) is 0 Å². The Hall–Kier alpha value is -1.50. The molecule has 0 saturated carbocycles. The summed E-state index contributed by atoms with van der Waals surface area (Å²) >= 11 is 0. The fraction of sp³-hybridized carbons (Fsp3) is 0.692. The highest BCUT2D eigenvalue weighted by Gasteiger charge is 2.24. The van der Waals surface area contributed by atoms with Crippen molar-refractivity contribution in [2.24, 2.45) is 0 Å². The third kappa shape index (κ3) is 3.53. The van der Waals surface area contributed by atoms with E-state index in [9.17, 15) is 13.6 Å². The Morgan fingerprint density at radius 2 is 2.40 bits per heavy atom. The van der Waals surface area contributed by atoms with Crippen molar-refractivity contribution in [3.8, 4) is 0 Å². The van der Waals surface area contributed by atoms with Crippen molar-refractivity contribution in [3.63, 3.8) is 0 Å². The third-order valence-electron chi connectivity index (χ3n) is 3.42. The van der Waals surface area contributed by atoms with E-state index in [0.29, 0.717) is 19.7 Å². The van der Waals surface area contributed by atoms with Crippen LogP contribution in [0.3, 0.4) is 0 Å². The van der Waals surface area contributed by atoms with Gasteiger partial charge in [-0.05, 0) is 32.3 Å². The van der Waals surface area contributed by atoms with Crippen molar-refractivity contribution in [1.82, 2.24) is 15.1 Å². The first-order valence-corrected chi connectivity index (χ1v) is 6.86. The zero-order valence-electron chi connectivity index (χ0n) is 11.4. The van der Waals surface area contributed by atoms with Gasteiger partial charge in [0, 0.05) is 19.7 Å². The normalized spacial score (nSPS) is 19.3. The second-order valence-corrected chi connectivity index (χ2v) is 4.84. The van der Waals surface area contributed by atoms with Crippen molar-refractivity contribution >= 4 is 5.91 Å². The summed E-state index contributed by atoms with van der Waals surface area (Å²) in [5.41, 5.74) is -0.309. The molecule has 0 aromatic carbocycles. The average molecular weight is 287 g/mol. The minimum atomic E-state index is -2.65. The lowest BCUT2D eigenvalue weighted by Crippen LogP contribution is -2.39. The number of carbonyl (C=O) groups excluding carboxylic acids is 1. The largest absolute Gasteiger partial charge is 0.376 e. The highest BCUT2D eigenvalue weighted by molar-refractivity contribution is 5.92.